The van der Waals surface area contributed by atoms with Crippen molar-refractivity contribution >= 4 is 6.08 Å². The molecule has 0 aliphatic carbocycles. The molecular formula is C14H15NO. The minimum atomic E-state index is 0.686. The molecule has 1 aromatic heterocycles. The summed E-state index contributed by atoms with van der Waals surface area (Å²) in [5.41, 5.74) is 3.15. The summed E-state index contributed by atoms with van der Waals surface area (Å²) in [7, 11) is 0. The molecule has 0 saturated carbocycles. The van der Waals surface area contributed by atoms with Gasteiger partial charge in [0.25, 0.3) is 0 Å². The van der Waals surface area contributed by atoms with Crippen molar-refractivity contribution in [1.29, 1.82) is 0 Å². The molecule has 0 unspecified atom stereocenters. The number of aromatic nitrogens is 1. The number of nitrogens with zero attached hydrogens (tertiary/aromatic N) is 1. The Labute approximate surface area is 95.6 Å². The van der Waals surface area contributed by atoms with E-state index in [1.165, 1.54) is 5.57 Å². The monoisotopic (exact) mass is 213 g/mol. The average molecular weight is 213 g/mol. The lowest BCUT2D eigenvalue weighted by atomic mass is 10.2. The van der Waals surface area contributed by atoms with Crippen LogP contribution in [0.2, 0.25) is 0 Å². The molecular weight excluding hydrogens is 198 g/mol. The summed E-state index contributed by atoms with van der Waals surface area (Å²) < 4.78 is 5.65. The van der Waals surface area contributed by atoms with Gasteiger partial charge in [-0.15, -0.1) is 0 Å². The number of oxazole rings is 1. The smallest absolute Gasteiger partial charge is 0.226 e. The fourth-order valence-electron chi connectivity index (χ4n) is 1.52. The highest BCUT2D eigenvalue weighted by molar-refractivity contribution is 5.58. The van der Waals surface area contributed by atoms with Crippen LogP contribution in [0.5, 0.6) is 0 Å². The molecule has 0 bridgehead atoms. The average Bonchev–Trinajstić information content (AvgIpc) is 2.61. The molecule has 0 aliphatic rings. The first-order chi connectivity index (χ1) is 7.66. The highest BCUT2D eigenvalue weighted by atomic mass is 16.4. The third-order valence-electron chi connectivity index (χ3n) is 2.28. The molecule has 1 aromatic carbocycles. The van der Waals surface area contributed by atoms with Gasteiger partial charge < -0.3 is 4.42 Å². The van der Waals surface area contributed by atoms with Crippen LogP contribution in [0, 0.1) is 6.92 Å². The van der Waals surface area contributed by atoms with E-state index < -0.39 is 0 Å². The molecule has 0 spiro atoms. The van der Waals surface area contributed by atoms with E-state index in [1.807, 2.05) is 43.3 Å². The third kappa shape index (κ3) is 2.22. The quantitative estimate of drug-likeness (QED) is 0.751. The SMILES string of the molecule is CC(C)=Cc1nc(-c2ccccc2)oc1C. The van der Waals surface area contributed by atoms with Gasteiger partial charge in [-0.05, 0) is 39.0 Å². The Kier molecular flexibility index (Phi) is 2.91. The van der Waals surface area contributed by atoms with Gasteiger partial charge >= 0.3 is 0 Å². The van der Waals surface area contributed by atoms with Crippen LogP contribution in [-0.2, 0) is 0 Å². The normalized spacial score (nSPS) is 10.2. The minimum absolute atomic E-state index is 0.686. The van der Waals surface area contributed by atoms with Crippen LogP contribution in [0.15, 0.2) is 40.3 Å². The largest absolute Gasteiger partial charge is 0.441 e. The van der Waals surface area contributed by atoms with Gasteiger partial charge in [0.1, 0.15) is 11.5 Å². The van der Waals surface area contributed by atoms with Crippen molar-refractivity contribution in [3.63, 3.8) is 0 Å². The Hall–Kier alpha value is -1.83. The van der Waals surface area contributed by atoms with Crippen LogP contribution in [-0.4, -0.2) is 4.98 Å². The zero-order valence-corrected chi connectivity index (χ0v) is 9.82. The van der Waals surface area contributed by atoms with Crippen molar-refractivity contribution < 1.29 is 4.42 Å². The molecule has 0 radical (unpaired) electrons. The number of benzene rings is 1. The Balaban J connectivity index is 2.42. The molecule has 0 fully saturated rings. The maximum atomic E-state index is 5.65. The number of hydrogen-bond acceptors (Lipinski definition) is 2. The van der Waals surface area contributed by atoms with E-state index in [2.05, 4.69) is 18.8 Å². The molecule has 16 heavy (non-hydrogen) atoms. The van der Waals surface area contributed by atoms with Gasteiger partial charge in [-0.3, -0.25) is 0 Å². The molecule has 1 heterocycles. The van der Waals surface area contributed by atoms with Crippen molar-refractivity contribution in [1.82, 2.24) is 4.98 Å². The predicted molar refractivity (Wildman–Crippen MR) is 66.0 cm³/mol. The molecule has 0 atom stereocenters. The summed E-state index contributed by atoms with van der Waals surface area (Å²) in [5, 5.41) is 0. The van der Waals surface area contributed by atoms with Crippen molar-refractivity contribution in [2.45, 2.75) is 20.8 Å². The molecule has 2 heteroatoms. The number of hydrogen-bond donors (Lipinski definition) is 0. The van der Waals surface area contributed by atoms with Gasteiger partial charge in [-0.25, -0.2) is 4.98 Å². The highest BCUT2D eigenvalue weighted by Crippen LogP contribution is 2.22. The van der Waals surface area contributed by atoms with Gasteiger partial charge in [0.15, 0.2) is 0 Å². The van der Waals surface area contributed by atoms with Crippen molar-refractivity contribution in [2.75, 3.05) is 0 Å². The number of aryl methyl sites for hydroxylation is 1. The lowest BCUT2D eigenvalue weighted by Crippen LogP contribution is -1.78. The molecule has 0 N–H and O–H groups in total. The first kappa shape index (κ1) is 10.7. The van der Waals surface area contributed by atoms with Crippen LogP contribution in [0.25, 0.3) is 17.5 Å². The first-order valence-electron chi connectivity index (χ1n) is 5.34. The Morgan fingerprint density at radius 2 is 1.88 bits per heavy atom. The van der Waals surface area contributed by atoms with Crippen LogP contribution < -0.4 is 0 Å². The van der Waals surface area contributed by atoms with Gasteiger partial charge in [0, 0.05) is 5.56 Å². The molecule has 82 valence electrons. The minimum Gasteiger partial charge on any atom is -0.441 e. The summed E-state index contributed by atoms with van der Waals surface area (Å²) in [4.78, 5) is 4.48. The third-order valence-corrected chi connectivity index (χ3v) is 2.28. The van der Waals surface area contributed by atoms with Crippen LogP contribution in [0.3, 0.4) is 0 Å². The first-order valence-corrected chi connectivity index (χ1v) is 5.34. The summed E-state index contributed by atoms with van der Waals surface area (Å²) >= 11 is 0. The van der Waals surface area contributed by atoms with Crippen LogP contribution >= 0.6 is 0 Å². The highest BCUT2D eigenvalue weighted by Gasteiger charge is 2.08. The maximum Gasteiger partial charge on any atom is 0.226 e. The van der Waals surface area contributed by atoms with E-state index in [0.29, 0.717) is 5.89 Å². The molecule has 2 rings (SSSR count). The van der Waals surface area contributed by atoms with E-state index in [9.17, 15) is 0 Å². The molecule has 0 amide bonds. The zero-order chi connectivity index (χ0) is 11.5. The molecule has 2 nitrogen and oxygen atoms in total. The predicted octanol–water partition coefficient (Wildman–Crippen LogP) is 4.07. The summed E-state index contributed by atoms with van der Waals surface area (Å²) in [6.07, 6.45) is 2.03. The molecule has 0 saturated heterocycles. The Morgan fingerprint density at radius 3 is 2.50 bits per heavy atom. The second kappa shape index (κ2) is 4.35. The molecule has 0 aliphatic heterocycles. The second-order valence-electron chi connectivity index (χ2n) is 4.05. The summed E-state index contributed by atoms with van der Waals surface area (Å²) in [6, 6.07) is 9.94. The summed E-state index contributed by atoms with van der Waals surface area (Å²) in [6.45, 7) is 6.04. The van der Waals surface area contributed by atoms with Gasteiger partial charge in [-0.2, -0.15) is 0 Å². The summed E-state index contributed by atoms with van der Waals surface area (Å²) in [5.74, 6) is 1.55. The van der Waals surface area contributed by atoms with E-state index in [4.69, 9.17) is 4.42 Å². The van der Waals surface area contributed by atoms with Gasteiger partial charge in [-0.1, -0.05) is 23.8 Å². The second-order valence-corrected chi connectivity index (χ2v) is 4.05. The standard InChI is InChI=1S/C14H15NO/c1-10(2)9-13-11(3)16-14(15-13)12-7-5-4-6-8-12/h4-9H,1-3H3. The van der Waals surface area contributed by atoms with Crippen molar-refractivity contribution in [2.24, 2.45) is 0 Å². The van der Waals surface area contributed by atoms with Crippen molar-refractivity contribution in [3.8, 4) is 11.5 Å². The van der Waals surface area contributed by atoms with E-state index in [1.54, 1.807) is 0 Å². The maximum absolute atomic E-state index is 5.65. The number of allylic oxidation sites excluding steroid dienone is 1. The van der Waals surface area contributed by atoms with E-state index in [0.717, 1.165) is 17.0 Å². The van der Waals surface area contributed by atoms with Crippen LogP contribution in [0.1, 0.15) is 25.3 Å². The van der Waals surface area contributed by atoms with E-state index in [-0.39, 0.29) is 0 Å². The fourth-order valence-corrected chi connectivity index (χ4v) is 1.52. The lowest BCUT2D eigenvalue weighted by molar-refractivity contribution is 0.542. The Morgan fingerprint density at radius 1 is 1.19 bits per heavy atom. The van der Waals surface area contributed by atoms with Crippen molar-refractivity contribution in [3.05, 3.63) is 47.4 Å². The van der Waals surface area contributed by atoms with Crippen LogP contribution in [0.4, 0.5) is 0 Å². The van der Waals surface area contributed by atoms with Gasteiger partial charge in [0.05, 0.1) is 0 Å². The van der Waals surface area contributed by atoms with Gasteiger partial charge in [0.2, 0.25) is 5.89 Å². The van der Waals surface area contributed by atoms with E-state index >= 15 is 0 Å². The lowest BCUT2D eigenvalue weighted by Gasteiger charge is -1.91. The fraction of sp³-hybridized carbons (Fsp3) is 0.214. The Bertz CT molecular complexity index is 505. The molecule has 2 aromatic rings. The zero-order valence-electron chi connectivity index (χ0n) is 9.82. The number of rotatable bonds is 2. The topological polar surface area (TPSA) is 26.0 Å².